The zero-order valence-corrected chi connectivity index (χ0v) is 27.9. The number of nitrogens with two attached hydrogens (primary N) is 1. The minimum Gasteiger partial charge on any atom is -0.508 e. The molecule has 4 aromatic rings. The maximum Gasteiger partial charge on any atom is 0.328 e. The summed E-state index contributed by atoms with van der Waals surface area (Å²) in [5.74, 6) is -6.75. The quantitative estimate of drug-likeness (QED) is 0.189. The molecule has 0 aromatic heterocycles. The van der Waals surface area contributed by atoms with E-state index in [1.807, 2.05) is 42.5 Å². The fourth-order valence-electron chi connectivity index (χ4n) is 8.90. The molecule has 10 nitrogen and oxygen atoms in total. The average Bonchev–Trinajstić information content (AvgIpc) is 3.52. The van der Waals surface area contributed by atoms with E-state index in [9.17, 15) is 24.3 Å². The van der Waals surface area contributed by atoms with Gasteiger partial charge in [-0.15, -0.1) is 0 Å². The number of anilines is 1. The number of amides is 6. The molecule has 6 unspecified atom stereocenters. The highest BCUT2D eigenvalue weighted by Gasteiger charge is 2.70. The number of allylic oxidation sites excluding steroid dienone is 2. The van der Waals surface area contributed by atoms with E-state index in [0.717, 1.165) is 10.5 Å². The zero-order valence-electron chi connectivity index (χ0n) is 27.1. The lowest BCUT2D eigenvalue weighted by Crippen LogP contribution is -2.53. The third kappa shape index (κ3) is 4.88. The molecule has 0 spiro atoms. The molecular formula is C40H32ClN3O7. The Balaban J connectivity index is 1.33. The first-order chi connectivity index (χ1) is 24.6. The fourth-order valence-corrected chi connectivity index (χ4v) is 9.09. The van der Waals surface area contributed by atoms with E-state index in [1.165, 1.54) is 6.07 Å². The number of rotatable bonds is 6. The summed E-state index contributed by atoms with van der Waals surface area (Å²) in [6.07, 6.45) is 1.98. The standard InChI is InChI=1S/C40H32ClN3O7/c41-24-12-7-13-25(18-24)43-36(47)31-20-30-27(16-17-29-33(30)37(48)44(35(29)46)39(42)50)34(40(31,38(43)49)23-10-5-2-6-11-23)28-15-14-26(19-32(28)45)51-21-22-8-3-1-4-9-22/h1-16,18-19,29-31,33-34,45H,17,20-21H2,(H2,42,50). The van der Waals surface area contributed by atoms with E-state index in [2.05, 4.69) is 0 Å². The molecule has 8 rings (SSSR count). The number of phenols is 1. The second-order valence-corrected chi connectivity index (χ2v) is 13.9. The van der Waals surface area contributed by atoms with Gasteiger partial charge in [0.25, 0.3) is 0 Å². The van der Waals surface area contributed by atoms with Gasteiger partial charge < -0.3 is 15.6 Å². The third-order valence-corrected chi connectivity index (χ3v) is 11.2. The van der Waals surface area contributed by atoms with Crippen LogP contribution in [-0.4, -0.2) is 39.7 Å². The Morgan fingerprint density at radius 3 is 2.27 bits per heavy atom. The molecule has 2 aliphatic heterocycles. The smallest absolute Gasteiger partial charge is 0.328 e. The highest BCUT2D eigenvalue weighted by atomic mass is 35.5. The maximum atomic E-state index is 15.3. The van der Waals surface area contributed by atoms with Gasteiger partial charge in [-0.05, 0) is 54.2 Å². The van der Waals surface area contributed by atoms with Crippen molar-refractivity contribution in [1.82, 2.24) is 4.90 Å². The molecule has 4 aromatic carbocycles. The van der Waals surface area contributed by atoms with Gasteiger partial charge in [0.05, 0.1) is 28.9 Å². The second kappa shape index (κ2) is 12.2. The lowest BCUT2D eigenvalue weighted by Gasteiger charge is -2.50. The van der Waals surface area contributed by atoms with Gasteiger partial charge in [0.2, 0.25) is 23.6 Å². The maximum absolute atomic E-state index is 15.3. The number of imide groups is 4. The van der Waals surface area contributed by atoms with Gasteiger partial charge in [0.15, 0.2) is 0 Å². The van der Waals surface area contributed by atoms with Crippen molar-refractivity contribution < 1.29 is 33.8 Å². The summed E-state index contributed by atoms with van der Waals surface area (Å²) >= 11 is 6.36. The monoisotopic (exact) mass is 701 g/mol. The molecule has 2 aliphatic carbocycles. The Kier molecular flexibility index (Phi) is 7.79. The molecule has 2 heterocycles. The van der Waals surface area contributed by atoms with Crippen molar-refractivity contribution in [3.63, 3.8) is 0 Å². The Labute approximate surface area is 298 Å². The number of carbonyl (C=O) groups excluding carboxylic acids is 5. The Morgan fingerprint density at radius 1 is 0.863 bits per heavy atom. The molecule has 3 N–H and O–H groups in total. The second-order valence-electron chi connectivity index (χ2n) is 13.4. The van der Waals surface area contributed by atoms with Gasteiger partial charge in [0, 0.05) is 22.6 Å². The van der Waals surface area contributed by atoms with E-state index < -0.39 is 64.7 Å². The van der Waals surface area contributed by atoms with Crippen molar-refractivity contribution in [3.8, 4) is 11.5 Å². The van der Waals surface area contributed by atoms with E-state index >= 15 is 4.79 Å². The predicted molar refractivity (Wildman–Crippen MR) is 186 cm³/mol. The summed E-state index contributed by atoms with van der Waals surface area (Å²) in [7, 11) is 0. The van der Waals surface area contributed by atoms with Crippen molar-refractivity contribution in [2.75, 3.05) is 4.90 Å². The van der Waals surface area contributed by atoms with Crippen LogP contribution >= 0.6 is 11.6 Å². The first kappa shape index (κ1) is 32.5. The summed E-state index contributed by atoms with van der Waals surface area (Å²) in [5.41, 5.74) is 6.68. The normalized spacial score (nSPS) is 26.8. The molecule has 11 heteroatoms. The number of halogens is 1. The molecule has 2 saturated heterocycles. The van der Waals surface area contributed by atoms with Crippen LogP contribution in [0.5, 0.6) is 11.5 Å². The number of nitrogens with zero attached hydrogens (tertiary/aromatic N) is 2. The highest BCUT2D eigenvalue weighted by Crippen LogP contribution is 2.65. The van der Waals surface area contributed by atoms with Crippen molar-refractivity contribution in [2.24, 2.45) is 29.4 Å². The largest absolute Gasteiger partial charge is 0.508 e. The predicted octanol–water partition coefficient (Wildman–Crippen LogP) is 5.87. The molecule has 51 heavy (non-hydrogen) atoms. The van der Waals surface area contributed by atoms with Gasteiger partial charge in [-0.2, -0.15) is 4.90 Å². The number of urea groups is 1. The lowest BCUT2D eigenvalue weighted by atomic mass is 9.49. The molecule has 0 radical (unpaired) electrons. The Morgan fingerprint density at radius 2 is 1.59 bits per heavy atom. The minimum atomic E-state index is -1.57. The fraction of sp³-hybridized carbons (Fsp3) is 0.225. The first-order valence-electron chi connectivity index (χ1n) is 16.7. The number of fused-ring (bicyclic) bond motifs is 4. The molecule has 4 aliphatic rings. The highest BCUT2D eigenvalue weighted by molar-refractivity contribution is 6.32. The van der Waals surface area contributed by atoms with Gasteiger partial charge in [0.1, 0.15) is 18.1 Å². The molecule has 0 bridgehead atoms. The summed E-state index contributed by atoms with van der Waals surface area (Å²) in [5, 5.41) is 12.2. The van der Waals surface area contributed by atoms with E-state index in [4.69, 9.17) is 22.1 Å². The zero-order chi connectivity index (χ0) is 35.6. The molecule has 1 saturated carbocycles. The lowest BCUT2D eigenvalue weighted by molar-refractivity contribution is -0.136. The van der Waals surface area contributed by atoms with Crippen LogP contribution in [0.1, 0.15) is 35.4 Å². The number of carbonyl (C=O) groups is 5. The van der Waals surface area contributed by atoms with Crippen molar-refractivity contribution in [3.05, 3.63) is 136 Å². The van der Waals surface area contributed by atoms with Crippen LogP contribution in [-0.2, 0) is 31.2 Å². The summed E-state index contributed by atoms with van der Waals surface area (Å²) in [6, 6.07) is 28.7. The first-order valence-corrected chi connectivity index (χ1v) is 17.1. The van der Waals surface area contributed by atoms with Crippen LogP contribution < -0.4 is 15.4 Å². The number of likely N-dealkylation sites (tertiary alicyclic amines) is 1. The topological polar surface area (TPSA) is 147 Å². The van der Waals surface area contributed by atoms with Crippen LogP contribution in [0.25, 0.3) is 0 Å². The summed E-state index contributed by atoms with van der Waals surface area (Å²) in [4.78, 5) is 71.2. The Bertz CT molecular complexity index is 2160. The number of benzene rings is 4. The van der Waals surface area contributed by atoms with Crippen molar-refractivity contribution >= 4 is 46.9 Å². The molecular weight excluding hydrogens is 670 g/mol. The number of aromatic hydroxyl groups is 1. The van der Waals surface area contributed by atoms with Crippen LogP contribution in [0.15, 0.2) is 115 Å². The third-order valence-electron chi connectivity index (χ3n) is 10.9. The number of phenolic OH excluding ortho intramolecular Hbond substituents is 1. The number of primary amides is 1. The van der Waals surface area contributed by atoms with Gasteiger partial charge >= 0.3 is 6.03 Å². The van der Waals surface area contributed by atoms with Gasteiger partial charge in [-0.1, -0.05) is 96.0 Å². The Hall–Kier alpha value is -5.74. The molecule has 256 valence electrons. The average molecular weight is 702 g/mol. The van der Waals surface area contributed by atoms with E-state index in [0.29, 0.717) is 32.4 Å². The van der Waals surface area contributed by atoms with Crippen LogP contribution in [0, 0.1) is 23.7 Å². The van der Waals surface area contributed by atoms with Gasteiger partial charge in [-0.3, -0.25) is 19.2 Å². The number of hydrogen-bond donors (Lipinski definition) is 2. The number of ether oxygens (including phenoxy) is 1. The van der Waals surface area contributed by atoms with E-state index in [-0.39, 0.29) is 30.9 Å². The molecule has 6 amide bonds. The van der Waals surface area contributed by atoms with Crippen LogP contribution in [0.4, 0.5) is 10.5 Å². The summed E-state index contributed by atoms with van der Waals surface area (Å²) < 4.78 is 6.01. The minimum absolute atomic E-state index is 0.0324. The summed E-state index contributed by atoms with van der Waals surface area (Å²) in [6.45, 7) is 0.253. The van der Waals surface area contributed by atoms with Gasteiger partial charge in [-0.25, -0.2) is 9.69 Å². The van der Waals surface area contributed by atoms with Crippen LogP contribution in [0.3, 0.4) is 0 Å². The molecule has 3 fully saturated rings. The molecule has 6 atom stereocenters. The van der Waals surface area contributed by atoms with Crippen molar-refractivity contribution in [1.29, 1.82) is 0 Å². The number of hydrogen-bond acceptors (Lipinski definition) is 7. The van der Waals surface area contributed by atoms with E-state index in [1.54, 1.807) is 60.7 Å². The SMILES string of the molecule is NC(=O)N1C(=O)C2CC=C3C(CC4C(=O)N(c5cccc(Cl)c5)C(=O)C4(c4ccccc4)C3c3ccc(OCc4ccccc4)cc3O)C2C1=O. The van der Waals surface area contributed by atoms with Crippen LogP contribution in [0.2, 0.25) is 5.02 Å². The van der Waals surface area contributed by atoms with Crippen molar-refractivity contribution in [2.45, 2.75) is 30.8 Å².